The van der Waals surface area contributed by atoms with E-state index in [1.54, 1.807) is 0 Å². The van der Waals surface area contributed by atoms with Gasteiger partial charge in [-0.1, -0.05) is 19.3 Å². The quantitative estimate of drug-likeness (QED) is 0.766. The van der Waals surface area contributed by atoms with E-state index in [1.165, 1.54) is 19.3 Å². The molecule has 2 heterocycles. The molecule has 166 valence electrons. The van der Waals surface area contributed by atoms with Crippen LogP contribution < -0.4 is 20.1 Å². The molecule has 0 unspecified atom stereocenters. The molecule has 7 nitrogen and oxygen atoms in total. The van der Waals surface area contributed by atoms with Gasteiger partial charge in [0.05, 0.1) is 19.3 Å². The van der Waals surface area contributed by atoms with E-state index in [9.17, 15) is 4.79 Å². The fourth-order valence-corrected chi connectivity index (χ4v) is 4.45. The van der Waals surface area contributed by atoms with E-state index >= 15 is 0 Å². The number of ether oxygens (including phenoxy) is 4. The molecule has 30 heavy (non-hydrogen) atoms. The Bertz CT molecular complexity index is 711. The standard InChI is InChI=1S/C23H34N2O5/c1-23(2,3)30-17-11-9-16(10-12-17)29-19-14-28-20-18(13-27-21(19)20)25-22(26)24-15-7-5-4-6-8-15/h9-12,15,18-21H,4-8,13-14H2,1-3H3,(H2,24,25,26)/t18-,19-,20+,21+/m0/s1. The zero-order valence-electron chi connectivity index (χ0n) is 18.2. The molecule has 0 spiro atoms. The van der Waals surface area contributed by atoms with Gasteiger partial charge in [0.1, 0.15) is 29.3 Å². The minimum atomic E-state index is -0.238. The van der Waals surface area contributed by atoms with Crippen molar-refractivity contribution in [2.45, 2.75) is 88.9 Å². The second kappa shape index (κ2) is 9.02. The maximum absolute atomic E-state index is 12.4. The van der Waals surface area contributed by atoms with Gasteiger partial charge in [-0.05, 0) is 57.9 Å². The zero-order valence-corrected chi connectivity index (χ0v) is 18.2. The lowest BCUT2D eigenvalue weighted by Gasteiger charge is -2.24. The van der Waals surface area contributed by atoms with Crippen molar-refractivity contribution in [2.75, 3.05) is 13.2 Å². The minimum Gasteiger partial charge on any atom is -0.488 e. The molecule has 0 bridgehead atoms. The summed E-state index contributed by atoms with van der Waals surface area (Å²) >= 11 is 0. The van der Waals surface area contributed by atoms with Crippen molar-refractivity contribution in [2.24, 2.45) is 0 Å². The number of fused-ring (bicyclic) bond motifs is 1. The molecule has 4 atom stereocenters. The summed E-state index contributed by atoms with van der Waals surface area (Å²) in [6.45, 7) is 6.93. The third kappa shape index (κ3) is 5.38. The molecule has 2 saturated heterocycles. The van der Waals surface area contributed by atoms with Crippen LogP contribution in [0.1, 0.15) is 52.9 Å². The lowest BCUT2D eigenvalue weighted by atomic mass is 9.96. The molecule has 1 saturated carbocycles. The smallest absolute Gasteiger partial charge is 0.315 e. The van der Waals surface area contributed by atoms with Crippen LogP contribution in [-0.2, 0) is 9.47 Å². The van der Waals surface area contributed by atoms with Gasteiger partial charge >= 0.3 is 6.03 Å². The number of hydrogen-bond donors (Lipinski definition) is 2. The Morgan fingerprint density at radius 2 is 1.60 bits per heavy atom. The first kappa shape index (κ1) is 21.2. The van der Waals surface area contributed by atoms with Crippen molar-refractivity contribution in [1.82, 2.24) is 10.6 Å². The molecule has 7 heteroatoms. The Balaban J connectivity index is 1.27. The molecule has 0 aromatic heterocycles. The van der Waals surface area contributed by atoms with Gasteiger partial charge < -0.3 is 29.6 Å². The number of carbonyl (C=O) groups is 1. The first-order valence-electron chi connectivity index (χ1n) is 11.1. The van der Waals surface area contributed by atoms with Crippen molar-refractivity contribution in [3.8, 4) is 11.5 Å². The molecule has 1 aromatic rings. The highest BCUT2D eigenvalue weighted by Gasteiger charge is 2.49. The van der Waals surface area contributed by atoms with Gasteiger partial charge in [-0.25, -0.2) is 4.79 Å². The number of hydrogen-bond acceptors (Lipinski definition) is 5. The van der Waals surface area contributed by atoms with Crippen LogP contribution in [0.3, 0.4) is 0 Å². The Labute approximate surface area is 178 Å². The maximum atomic E-state index is 12.4. The van der Waals surface area contributed by atoms with E-state index < -0.39 is 0 Å². The predicted octanol–water partition coefficient (Wildman–Crippen LogP) is 3.41. The molecule has 4 rings (SSSR count). The van der Waals surface area contributed by atoms with Gasteiger partial charge in [0.2, 0.25) is 0 Å². The largest absolute Gasteiger partial charge is 0.488 e. The van der Waals surface area contributed by atoms with Crippen LogP contribution in [0.5, 0.6) is 11.5 Å². The Morgan fingerprint density at radius 3 is 2.30 bits per heavy atom. The lowest BCUT2D eigenvalue weighted by Crippen LogP contribution is -2.51. The molecule has 1 aliphatic carbocycles. The van der Waals surface area contributed by atoms with Crippen LogP contribution in [0, 0.1) is 0 Å². The van der Waals surface area contributed by atoms with Gasteiger partial charge in [-0.15, -0.1) is 0 Å². The maximum Gasteiger partial charge on any atom is 0.315 e. The topological polar surface area (TPSA) is 78.1 Å². The van der Waals surface area contributed by atoms with E-state index in [4.69, 9.17) is 18.9 Å². The average molecular weight is 419 g/mol. The third-order valence-corrected chi connectivity index (χ3v) is 5.80. The fourth-order valence-electron chi connectivity index (χ4n) is 4.45. The van der Waals surface area contributed by atoms with E-state index in [0.717, 1.165) is 24.3 Å². The van der Waals surface area contributed by atoms with E-state index in [0.29, 0.717) is 13.2 Å². The van der Waals surface area contributed by atoms with Crippen molar-refractivity contribution >= 4 is 6.03 Å². The van der Waals surface area contributed by atoms with Crippen LogP contribution in [-0.4, -0.2) is 55.2 Å². The van der Waals surface area contributed by atoms with Crippen molar-refractivity contribution in [3.05, 3.63) is 24.3 Å². The highest BCUT2D eigenvalue weighted by molar-refractivity contribution is 5.74. The summed E-state index contributed by atoms with van der Waals surface area (Å²) in [4.78, 5) is 12.4. The van der Waals surface area contributed by atoms with Gasteiger partial charge in [-0.3, -0.25) is 0 Å². The Morgan fingerprint density at radius 1 is 0.933 bits per heavy atom. The molecule has 2 amide bonds. The van der Waals surface area contributed by atoms with E-state index in [1.807, 2.05) is 45.0 Å². The van der Waals surface area contributed by atoms with Crippen LogP contribution in [0.25, 0.3) is 0 Å². The normalized spacial score (nSPS) is 29.3. The van der Waals surface area contributed by atoms with Crippen LogP contribution >= 0.6 is 0 Å². The number of benzene rings is 1. The number of carbonyl (C=O) groups excluding carboxylic acids is 1. The fraction of sp³-hybridized carbons (Fsp3) is 0.696. The summed E-state index contributed by atoms with van der Waals surface area (Å²) in [5, 5.41) is 6.13. The SMILES string of the molecule is CC(C)(C)Oc1ccc(O[C@H]2CO[C@H]3[C@@H]2OC[C@@H]3NC(=O)NC2CCCCC2)cc1. The highest BCUT2D eigenvalue weighted by Crippen LogP contribution is 2.31. The van der Waals surface area contributed by atoms with Gasteiger partial charge in [0.25, 0.3) is 0 Å². The number of nitrogens with one attached hydrogen (secondary N) is 2. The van der Waals surface area contributed by atoms with Crippen molar-refractivity contribution in [3.63, 3.8) is 0 Å². The number of urea groups is 1. The number of amides is 2. The third-order valence-electron chi connectivity index (χ3n) is 5.80. The first-order chi connectivity index (χ1) is 14.4. The van der Waals surface area contributed by atoms with Crippen molar-refractivity contribution < 1.29 is 23.7 Å². The van der Waals surface area contributed by atoms with E-state index in [2.05, 4.69) is 10.6 Å². The molecular weight excluding hydrogens is 384 g/mol. The van der Waals surface area contributed by atoms with Gasteiger partial charge in [0, 0.05) is 6.04 Å². The molecule has 1 aromatic carbocycles. The van der Waals surface area contributed by atoms with Crippen LogP contribution in [0.15, 0.2) is 24.3 Å². The van der Waals surface area contributed by atoms with E-state index in [-0.39, 0.29) is 42.0 Å². The summed E-state index contributed by atoms with van der Waals surface area (Å²) in [6, 6.07) is 7.61. The molecular formula is C23H34N2O5. The predicted molar refractivity (Wildman–Crippen MR) is 113 cm³/mol. The second-order valence-corrected chi connectivity index (χ2v) is 9.50. The average Bonchev–Trinajstić information content (AvgIpc) is 3.27. The monoisotopic (exact) mass is 418 g/mol. The Kier molecular flexibility index (Phi) is 6.39. The van der Waals surface area contributed by atoms with Crippen molar-refractivity contribution in [1.29, 1.82) is 0 Å². The summed E-state index contributed by atoms with van der Waals surface area (Å²) in [5.74, 6) is 1.56. The van der Waals surface area contributed by atoms with Gasteiger partial charge in [-0.2, -0.15) is 0 Å². The molecule has 3 aliphatic rings. The molecule has 3 fully saturated rings. The summed E-state index contributed by atoms with van der Waals surface area (Å²) < 4.78 is 23.8. The zero-order chi connectivity index (χ0) is 21.1. The van der Waals surface area contributed by atoms with Gasteiger partial charge in [0.15, 0.2) is 6.10 Å². The molecule has 2 N–H and O–H groups in total. The first-order valence-corrected chi connectivity index (χ1v) is 11.1. The van der Waals surface area contributed by atoms with Crippen LogP contribution in [0.2, 0.25) is 0 Å². The second-order valence-electron chi connectivity index (χ2n) is 9.50. The Hall–Kier alpha value is -1.99. The number of rotatable bonds is 5. The highest BCUT2D eigenvalue weighted by atomic mass is 16.6. The minimum absolute atomic E-state index is 0.126. The van der Waals surface area contributed by atoms with Crippen LogP contribution in [0.4, 0.5) is 4.79 Å². The summed E-state index contributed by atoms with van der Waals surface area (Å²) in [5.41, 5.74) is -0.238. The lowest BCUT2D eigenvalue weighted by molar-refractivity contribution is 0.0303. The molecule has 2 aliphatic heterocycles. The molecule has 0 radical (unpaired) electrons. The summed E-state index contributed by atoms with van der Waals surface area (Å²) in [7, 11) is 0. The summed E-state index contributed by atoms with van der Waals surface area (Å²) in [6.07, 6.45) is 5.20.